The van der Waals surface area contributed by atoms with Gasteiger partial charge in [0.25, 0.3) is 0 Å². The summed E-state index contributed by atoms with van der Waals surface area (Å²) >= 11 is 7.30. The second-order valence-corrected chi connectivity index (χ2v) is 2.98. The third-order valence-corrected chi connectivity index (χ3v) is 1.81. The summed E-state index contributed by atoms with van der Waals surface area (Å²) in [6.07, 6.45) is 0. The molecule has 0 heterocycles. The molecule has 2 atom stereocenters. The molecular weight excluding hydrogens is 287 g/mol. The second kappa shape index (κ2) is 12.1. The number of carbonyl (C=O) groups is 2. The van der Waals surface area contributed by atoms with Crippen LogP contribution >= 0.6 is 25.3 Å². The van der Waals surface area contributed by atoms with E-state index >= 15 is 0 Å². The van der Waals surface area contributed by atoms with Gasteiger partial charge in [0.15, 0.2) is 0 Å². The number of thiol groups is 2. The Morgan fingerprint density at radius 3 is 1.20 bits per heavy atom. The predicted molar refractivity (Wildman–Crippen MR) is 58.9 cm³/mol. The number of carboxylic acid groups (broad SMARTS) is 2. The first-order chi connectivity index (χ1) is 6.36. The Balaban J connectivity index is -0.000000180. The molecule has 0 aromatic heterocycles. The van der Waals surface area contributed by atoms with Crippen LogP contribution in [0.4, 0.5) is 0 Å². The predicted octanol–water partition coefficient (Wildman–Crippen LogP) is -1.35. The molecule has 0 aliphatic heterocycles. The van der Waals surface area contributed by atoms with Gasteiger partial charge in [-0.15, -0.1) is 0 Å². The minimum atomic E-state index is -1.00. The van der Waals surface area contributed by atoms with Crippen molar-refractivity contribution >= 4 is 37.2 Å². The zero-order valence-corrected chi connectivity index (χ0v) is 10.4. The molecule has 0 aromatic carbocycles. The van der Waals surface area contributed by atoms with Gasteiger partial charge in [0.1, 0.15) is 12.1 Å². The number of nitrogens with two attached hydrogens (primary N) is 2. The number of rotatable bonds is 4. The topological polar surface area (TPSA) is 127 Å². The average Bonchev–Trinajstić information content (AvgIpc) is 2.15. The van der Waals surface area contributed by atoms with Crippen molar-refractivity contribution in [1.29, 1.82) is 0 Å². The van der Waals surface area contributed by atoms with Gasteiger partial charge in [-0.05, 0) is 0 Å². The molecule has 0 aliphatic carbocycles. The number of carboxylic acids is 2. The van der Waals surface area contributed by atoms with Gasteiger partial charge in [-0.25, -0.2) is 0 Å². The van der Waals surface area contributed by atoms with Crippen molar-refractivity contribution in [1.82, 2.24) is 0 Å². The van der Waals surface area contributed by atoms with E-state index < -0.39 is 24.0 Å². The van der Waals surface area contributed by atoms with Crippen molar-refractivity contribution < 1.29 is 36.3 Å². The Hall–Kier alpha value is 0.0535. The van der Waals surface area contributed by atoms with E-state index in [1.807, 2.05) is 0 Å². The molecule has 9 heteroatoms. The zero-order valence-electron chi connectivity index (χ0n) is 7.65. The van der Waals surface area contributed by atoms with Crippen LogP contribution in [-0.4, -0.2) is 45.7 Å². The van der Waals surface area contributed by atoms with Gasteiger partial charge in [-0.1, -0.05) is 0 Å². The molecule has 0 amide bonds. The van der Waals surface area contributed by atoms with Crippen LogP contribution in [0.2, 0.25) is 0 Å². The summed E-state index contributed by atoms with van der Waals surface area (Å²) in [5.74, 6) is -1.63. The van der Waals surface area contributed by atoms with E-state index in [-0.39, 0.29) is 28.0 Å². The van der Waals surface area contributed by atoms with Crippen LogP contribution in [0.5, 0.6) is 0 Å². The van der Waals surface area contributed by atoms with Crippen molar-refractivity contribution in [2.24, 2.45) is 11.5 Å². The van der Waals surface area contributed by atoms with E-state index in [0.717, 1.165) is 0 Å². The summed E-state index contributed by atoms with van der Waals surface area (Å²) in [4.78, 5) is 19.5. The Kier molecular flexibility index (Phi) is 16.5. The van der Waals surface area contributed by atoms with E-state index in [0.29, 0.717) is 0 Å². The third kappa shape index (κ3) is 14.1. The molecule has 0 bridgehead atoms. The summed E-state index contributed by atoms with van der Waals surface area (Å²) in [6.45, 7) is 0. The summed E-state index contributed by atoms with van der Waals surface area (Å²) < 4.78 is 0. The molecule has 0 spiro atoms. The maximum atomic E-state index is 9.76. The zero-order chi connectivity index (χ0) is 11.7. The van der Waals surface area contributed by atoms with Crippen LogP contribution < -0.4 is 11.5 Å². The maximum Gasteiger partial charge on any atom is 0.321 e. The fraction of sp³-hybridized carbons (Fsp3) is 0.667. The molecule has 0 rings (SSSR count). The molecule has 0 aromatic rings. The SMILES string of the molecule is N[C@@H](CS)C(=O)O.N[C@@H](CS)C(=O)O.[Ni]. The monoisotopic (exact) mass is 300 g/mol. The van der Waals surface area contributed by atoms with E-state index in [1.165, 1.54) is 0 Å². The van der Waals surface area contributed by atoms with Gasteiger partial charge in [-0.2, -0.15) is 25.3 Å². The van der Waals surface area contributed by atoms with Gasteiger partial charge in [0.05, 0.1) is 0 Å². The molecule has 0 fully saturated rings. The normalized spacial score (nSPS) is 12.5. The molecule has 6 nitrogen and oxygen atoms in total. The fourth-order valence-electron chi connectivity index (χ4n) is 0.156. The Bertz CT molecular complexity index is 176. The molecule has 94 valence electrons. The molecule has 6 N–H and O–H groups in total. The first kappa shape index (κ1) is 20.5. The molecule has 15 heavy (non-hydrogen) atoms. The van der Waals surface area contributed by atoms with Gasteiger partial charge in [-0.3, -0.25) is 9.59 Å². The Morgan fingerprint density at radius 2 is 1.20 bits per heavy atom. The van der Waals surface area contributed by atoms with Gasteiger partial charge >= 0.3 is 11.9 Å². The summed E-state index contributed by atoms with van der Waals surface area (Å²) in [7, 11) is 0. The maximum absolute atomic E-state index is 9.76. The summed E-state index contributed by atoms with van der Waals surface area (Å²) in [5, 5.41) is 16.0. The van der Waals surface area contributed by atoms with Crippen LogP contribution in [0.25, 0.3) is 0 Å². The van der Waals surface area contributed by atoms with E-state index in [2.05, 4.69) is 25.3 Å². The molecule has 0 saturated carbocycles. The van der Waals surface area contributed by atoms with Crippen LogP contribution in [0.3, 0.4) is 0 Å². The molecule has 0 radical (unpaired) electrons. The minimum absolute atomic E-state index is 0. The van der Waals surface area contributed by atoms with Crippen molar-refractivity contribution in [2.75, 3.05) is 11.5 Å². The standard InChI is InChI=1S/2C3H7NO2S.Ni/c2*4-2(1-7)3(5)6;/h2*2,7H,1,4H2,(H,5,6);/t2*2-;/m00./s1. The van der Waals surface area contributed by atoms with Crippen molar-refractivity contribution in [3.8, 4) is 0 Å². The second-order valence-electron chi connectivity index (χ2n) is 2.25. The van der Waals surface area contributed by atoms with Crippen LogP contribution in [0.1, 0.15) is 0 Å². The molecule has 0 unspecified atom stereocenters. The fourth-order valence-corrected chi connectivity index (χ4v) is 0.469. The first-order valence-corrected chi connectivity index (χ1v) is 4.81. The van der Waals surface area contributed by atoms with Crippen LogP contribution in [-0.2, 0) is 26.1 Å². The van der Waals surface area contributed by atoms with Gasteiger partial charge in [0.2, 0.25) is 0 Å². The number of aliphatic carboxylic acids is 2. The van der Waals surface area contributed by atoms with E-state index in [4.69, 9.17) is 21.7 Å². The number of hydrogen-bond donors (Lipinski definition) is 6. The molecule has 0 saturated heterocycles. The van der Waals surface area contributed by atoms with Gasteiger partial charge < -0.3 is 21.7 Å². The minimum Gasteiger partial charge on any atom is -0.480 e. The van der Waals surface area contributed by atoms with Crippen molar-refractivity contribution in [2.45, 2.75) is 12.1 Å². The average molecular weight is 301 g/mol. The quantitative estimate of drug-likeness (QED) is 0.282. The van der Waals surface area contributed by atoms with Crippen molar-refractivity contribution in [3.63, 3.8) is 0 Å². The van der Waals surface area contributed by atoms with Crippen molar-refractivity contribution in [3.05, 3.63) is 0 Å². The van der Waals surface area contributed by atoms with Gasteiger partial charge in [0, 0.05) is 28.0 Å². The smallest absolute Gasteiger partial charge is 0.321 e. The first-order valence-electron chi connectivity index (χ1n) is 3.55. The largest absolute Gasteiger partial charge is 0.480 e. The van der Waals surface area contributed by atoms with Crippen LogP contribution in [0.15, 0.2) is 0 Å². The van der Waals surface area contributed by atoms with Crippen LogP contribution in [0, 0.1) is 0 Å². The molecule has 0 aliphatic rings. The van der Waals surface area contributed by atoms with E-state index in [9.17, 15) is 9.59 Å². The number of hydrogen-bond acceptors (Lipinski definition) is 6. The Morgan fingerprint density at radius 1 is 1.00 bits per heavy atom. The summed E-state index contributed by atoms with van der Waals surface area (Å²) in [5.41, 5.74) is 9.88. The Labute approximate surface area is 109 Å². The van der Waals surface area contributed by atoms with E-state index in [1.54, 1.807) is 0 Å². The third-order valence-electron chi connectivity index (χ3n) is 1.03. The summed E-state index contributed by atoms with van der Waals surface area (Å²) in [6, 6.07) is -1.63. The molecular formula is C6H14N2NiO4S2.